The number of nitrogens with one attached hydrogen (secondary N) is 4. The van der Waals surface area contributed by atoms with Gasteiger partial charge < -0.3 is 26.4 Å². The van der Waals surface area contributed by atoms with Crippen molar-refractivity contribution < 1.29 is 14.7 Å². The molecule has 0 aliphatic carbocycles. The third kappa shape index (κ3) is 6.97. The van der Waals surface area contributed by atoms with Crippen LogP contribution in [0.5, 0.6) is 0 Å². The topological polar surface area (TPSA) is 106 Å². The Morgan fingerprint density at radius 2 is 1.96 bits per heavy atom. The summed E-state index contributed by atoms with van der Waals surface area (Å²) in [6.45, 7) is 6.82. The van der Waals surface area contributed by atoms with Gasteiger partial charge in [0.2, 0.25) is 5.91 Å². The van der Waals surface area contributed by atoms with Crippen LogP contribution in [-0.4, -0.2) is 65.8 Å². The number of piperazine rings is 1. The molecule has 0 unspecified atom stereocenters. The molecule has 1 aromatic carbocycles. The number of carbonyl (C=O) groups excluding carboxylic acids is 1. The highest BCUT2D eigenvalue weighted by Gasteiger charge is 2.29. The molecule has 1 aliphatic heterocycles. The maximum Gasteiger partial charge on any atom is 0.321 e. The second kappa shape index (κ2) is 10.6. The van der Waals surface area contributed by atoms with Crippen LogP contribution >= 0.6 is 12.2 Å². The van der Waals surface area contributed by atoms with Crippen molar-refractivity contribution in [2.24, 2.45) is 0 Å². The van der Waals surface area contributed by atoms with Crippen LogP contribution in [0.3, 0.4) is 0 Å². The van der Waals surface area contributed by atoms with E-state index in [9.17, 15) is 14.7 Å². The number of nitrogens with zero attached hydrogens (tertiary/aromatic N) is 1. The smallest absolute Gasteiger partial charge is 0.321 e. The highest BCUT2D eigenvalue weighted by molar-refractivity contribution is 7.80. The average Bonchev–Trinajstić information content (AvgIpc) is 2.65. The summed E-state index contributed by atoms with van der Waals surface area (Å²) in [5.41, 5.74) is 1.28. The summed E-state index contributed by atoms with van der Waals surface area (Å²) in [7, 11) is 0. The van der Waals surface area contributed by atoms with Crippen LogP contribution in [0.2, 0.25) is 0 Å². The second-order valence-corrected chi connectivity index (χ2v) is 6.51. The first-order chi connectivity index (χ1) is 13.0. The fraction of sp³-hybridized carbons (Fsp3) is 0.389. The number of carbonyl (C=O) groups is 2. The maximum absolute atomic E-state index is 12.4. The first-order valence-corrected chi connectivity index (χ1v) is 9.13. The highest BCUT2D eigenvalue weighted by atomic mass is 32.1. The van der Waals surface area contributed by atoms with Gasteiger partial charge in [-0.3, -0.25) is 14.5 Å². The summed E-state index contributed by atoms with van der Waals surface area (Å²) in [5.74, 6) is -1.33. The Hall–Kier alpha value is -2.49. The predicted molar refractivity (Wildman–Crippen MR) is 110 cm³/mol. The number of thiocarbonyl (C=S) groups is 1. The van der Waals surface area contributed by atoms with E-state index in [1.54, 1.807) is 24.3 Å². The standard InChI is InChI=1S/C18H25N5O3S/c1-2-6-20-18(27)22-14-5-3-4-13(11-14)21-16(24)12-15(17(25)26)23-9-7-19-8-10-23/h2-5,11,15,19H,1,6-10,12H2,(H,21,24)(H,25,26)(H2,20,22,27)/t15-/m1/s1. The number of rotatable bonds is 8. The summed E-state index contributed by atoms with van der Waals surface area (Å²) in [5, 5.41) is 21.8. The van der Waals surface area contributed by atoms with Gasteiger partial charge in [-0.25, -0.2) is 0 Å². The van der Waals surface area contributed by atoms with Crippen LogP contribution in [0.25, 0.3) is 0 Å². The van der Waals surface area contributed by atoms with Crippen molar-refractivity contribution in [3.63, 3.8) is 0 Å². The minimum atomic E-state index is -0.985. The summed E-state index contributed by atoms with van der Waals surface area (Å²) >= 11 is 5.16. The normalized spacial score (nSPS) is 15.4. The lowest BCUT2D eigenvalue weighted by atomic mass is 10.1. The molecule has 2 rings (SSSR count). The molecule has 1 fully saturated rings. The van der Waals surface area contributed by atoms with E-state index in [0.29, 0.717) is 36.1 Å². The molecule has 0 aromatic heterocycles. The van der Waals surface area contributed by atoms with Crippen molar-refractivity contribution in [1.29, 1.82) is 0 Å². The van der Waals surface area contributed by atoms with Crippen molar-refractivity contribution in [2.75, 3.05) is 43.4 Å². The number of carboxylic acid groups (broad SMARTS) is 1. The molecule has 27 heavy (non-hydrogen) atoms. The van der Waals surface area contributed by atoms with E-state index in [-0.39, 0.29) is 12.3 Å². The zero-order valence-electron chi connectivity index (χ0n) is 15.0. The molecule has 1 saturated heterocycles. The summed E-state index contributed by atoms with van der Waals surface area (Å²) < 4.78 is 0. The van der Waals surface area contributed by atoms with Crippen molar-refractivity contribution in [3.05, 3.63) is 36.9 Å². The third-order valence-electron chi connectivity index (χ3n) is 4.07. The molecule has 5 N–H and O–H groups in total. The van der Waals surface area contributed by atoms with Crippen molar-refractivity contribution >= 4 is 40.6 Å². The van der Waals surface area contributed by atoms with Gasteiger partial charge in [-0.2, -0.15) is 0 Å². The van der Waals surface area contributed by atoms with Crippen molar-refractivity contribution in [2.45, 2.75) is 12.5 Å². The Labute approximate surface area is 164 Å². The lowest BCUT2D eigenvalue weighted by Gasteiger charge is -2.32. The number of aliphatic carboxylic acids is 1. The average molecular weight is 391 g/mol. The van der Waals surface area contributed by atoms with E-state index < -0.39 is 12.0 Å². The van der Waals surface area contributed by atoms with Crippen LogP contribution in [0, 0.1) is 0 Å². The molecule has 0 radical (unpaired) electrons. The van der Waals surface area contributed by atoms with Gasteiger partial charge in [0.1, 0.15) is 6.04 Å². The van der Waals surface area contributed by atoms with Gasteiger partial charge in [-0.05, 0) is 30.4 Å². The van der Waals surface area contributed by atoms with E-state index in [1.165, 1.54) is 0 Å². The first kappa shape index (κ1) is 20.8. The van der Waals surface area contributed by atoms with Gasteiger partial charge in [0.05, 0.1) is 6.42 Å². The van der Waals surface area contributed by atoms with Crippen LogP contribution < -0.4 is 21.3 Å². The van der Waals surface area contributed by atoms with E-state index in [0.717, 1.165) is 13.1 Å². The fourth-order valence-electron chi connectivity index (χ4n) is 2.77. The largest absolute Gasteiger partial charge is 0.480 e. The minimum Gasteiger partial charge on any atom is -0.480 e. The van der Waals surface area contributed by atoms with Crippen molar-refractivity contribution in [1.82, 2.24) is 15.5 Å². The molecule has 9 heteroatoms. The number of hydrogen-bond donors (Lipinski definition) is 5. The Balaban J connectivity index is 1.93. The van der Waals surface area contributed by atoms with Crippen LogP contribution in [-0.2, 0) is 9.59 Å². The highest BCUT2D eigenvalue weighted by Crippen LogP contribution is 2.16. The predicted octanol–water partition coefficient (Wildman–Crippen LogP) is 0.846. The maximum atomic E-state index is 12.4. The molecule has 1 atom stereocenters. The number of benzene rings is 1. The number of amides is 1. The van der Waals surface area contributed by atoms with Gasteiger partial charge >= 0.3 is 5.97 Å². The van der Waals surface area contributed by atoms with Crippen molar-refractivity contribution in [3.8, 4) is 0 Å². The number of carboxylic acids is 1. The molecule has 1 aliphatic rings. The Kier molecular flexibility index (Phi) is 8.18. The molecule has 0 bridgehead atoms. The molecule has 1 heterocycles. The van der Waals surface area contributed by atoms with Gasteiger partial charge in [0.15, 0.2) is 5.11 Å². The Morgan fingerprint density at radius 3 is 2.59 bits per heavy atom. The summed E-state index contributed by atoms with van der Waals surface area (Å²) in [6.07, 6.45) is 1.59. The zero-order valence-corrected chi connectivity index (χ0v) is 15.8. The number of anilines is 2. The van der Waals surface area contributed by atoms with Gasteiger partial charge in [0.25, 0.3) is 0 Å². The van der Waals surface area contributed by atoms with E-state index >= 15 is 0 Å². The molecule has 146 valence electrons. The molecule has 0 spiro atoms. The minimum absolute atomic E-state index is 0.105. The second-order valence-electron chi connectivity index (χ2n) is 6.10. The van der Waals surface area contributed by atoms with Gasteiger partial charge in [-0.15, -0.1) is 6.58 Å². The lowest BCUT2D eigenvalue weighted by molar-refractivity contribution is -0.145. The van der Waals surface area contributed by atoms with E-state index in [1.807, 2.05) is 11.0 Å². The molecular formula is C18H25N5O3S. The van der Waals surface area contributed by atoms with E-state index in [4.69, 9.17) is 12.2 Å². The van der Waals surface area contributed by atoms with Gasteiger partial charge in [-0.1, -0.05) is 12.1 Å². The zero-order chi connectivity index (χ0) is 19.6. The third-order valence-corrected chi connectivity index (χ3v) is 4.31. The monoisotopic (exact) mass is 391 g/mol. The van der Waals surface area contributed by atoms with E-state index in [2.05, 4.69) is 27.8 Å². The summed E-state index contributed by atoms with van der Waals surface area (Å²) in [6, 6.07) is 6.24. The SMILES string of the molecule is C=CCNC(=S)Nc1cccc(NC(=O)C[C@H](C(=O)O)N2CCNCC2)c1. The van der Waals surface area contributed by atoms with Crippen LogP contribution in [0.4, 0.5) is 11.4 Å². The molecule has 1 aromatic rings. The molecule has 0 saturated carbocycles. The Morgan fingerprint density at radius 1 is 1.30 bits per heavy atom. The van der Waals surface area contributed by atoms with Crippen LogP contribution in [0.1, 0.15) is 6.42 Å². The summed E-state index contributed by atoms with van der Waals surface area (Å²) in [4.78, 5) is 25.7. The van der Waals surface area contributed by atoms with Gasteiger partial charge in [0, 0.05) is 44.1 Å². The molecule has 8 nitrogen and oxygen atoms in total. The number of hydrogen-bond acceptors (Lipinski definition) is 5. The van der Waals surface area contributed by atoms with Crippen LogP contribution in [0.15, 0.2) is 36.9 Å². The lowest BCUT2D eigenvalue weighted by Crippen LogP contribution is -2.52. The quantitative estimate of drug-likeness (QED) is 0.328. The fourth-order valence-corrected chi connectivity index (χ4v) is 2.97. The molecule has 1 amide bonds. The first-order valence-electron chi connectivity index (χ1n) is 8.73. The Bertz CT molecular complexity index is 691. The molecular weight excluding hydrogens is 366 g/mol.